The van der Waals surface area contributed by atoms with Gasteiger partial charge < -0.3 is 0 Å². The van der Waals surface area contributed by atoms with E-state index in [0.717, 1.165) is 22.3 Å². The summed E-state index contributed by atoms with van der Waals surface area (Å²) in [6, 6.07) is 38.5. The van der Waals surface area contributed by atoms with E-state index in [2.05, 4.69) is 131 Å². The molecule has 5 aromatic carbocycles. The van der Waals surface area contributed by atoms with Gasteiger partial charge in [-0.2, -0.15) is 5.21 Å². The first-order valence-corrected chi connectivity index (χ1v) is 11.3. The van der Waals surface area contributed by atoms with Crippen LogP contribution in [-0.2, 0) is 0 Å². The van der Waals surface area contributed by atoms with E-state index in [9.17, 15) is 0 Å². The molecule has 0 aliphatic heterocycles. The maximum atomic E-state index is 4.27. The van der Waals surface area contributed by atoms with Crippen LogP contribution < -0.4 is 0 Å². The highest BCUT2D eigenvalue weighted by atomic mass is 15.5. The summed E-state index contributed by atoms with van der Waals surface area (Å²) in [7, 11) is 0. The molecule has 0 unspecified atom stereocenters. The molecule has 0 saturated carbocycles. The average molecular weight is 439 g/mol. The van der Waals surface area contributed by atoms with Crippen molar-refractivity contribution in [1.82, 2.24) is 20.6 Å². The molecular weight excluding hydrogens is 416 g/mol. The van der Waals surface area contributed by atoms with Crippen molar-refractivity contribution in [1.29, 1.82) is 0 Å². The van der Waals surface area contributed by atoms with Gasteiger partial charge in [-0.05, 0) is 80.1 Å². The van der Waals surface area contributed by atoms with Crippen LogP contribution in [-0.4, -0.2) is 20.6 Å². The zero-order chi connectivity index (χ0) is 22.9. The number of tetrazole rings is 1. The largest absolute Gasteiger partial charge is 0.204 e. The minimum absolute atomic E-state index is 0.580. The lowest BCUT2D eigenvalue weighted by molar-refractivity contribution is 0.881. The minimum Gasteiger partial charge on any atom is -0.177 e. The van der Waals surface area contributed by atoms with Crippen LogP contribution in [0.25, 0.3) is 55.5 Å². The van der Waals surface area contributed by atoms with E-state index in [1.165, 1.54) is 33.0 Å². The third kappa shape index (κ3) is 3.55. The van der Waals surface area contributed by atoms with Crippen molar-refractivity contribution >= 4 is 10.8 Å². The predicted molar refractivity (Wildman–Crippen MR) is 138 cm³/mol. The fourth-order valence-corrected chi connectivity index (χ4v) is 4.66. The number of fused-ring (bicyclic) bond motifs is 1. The Balaban J connectivity index is 1.62. The Kier molecular flexibility index (Phi) is 4.96. The van der Waals surface area contributed by atoms with Gasteiger partial charge in [0.15, 0.2) is 0 Å². The zero-order valence-corrected chi connectivity index (χ0v) is 18.7. The van der Waals surface area contributed by atoms with Gasteiger partial charge in [0.05, 0.1) is 0 Å². The molecule has 1 aromatic heterocycles. The lowest BCUT2D eigenvalue weighted by Gasteiger charge is -2.15. The van der Waals surface area contributed by atoms with Crippen molar-refractivity contribution in [2.75, 3.05) is 0 Å². The highest BCUT2D eigenvalue weighted by Gasteiger charge is 2.14. The van der Waals surface area contributed by atoms with E-state index in [0.29, 0.717) is 5.82 Å². The number of H-pyrrole nitrogens is 1. The molecule has 6 aromatic rings. The SMILES string of the molecule is Cc1ccc(-c2cc(-c3nn[nH]n3)cc(-c3ccccc3-c3ccccc3)c2)c2ccccc12. The molecule has 0 aliphatic carbocycles. The number of nitrogens with one attached hydrogen (secondary N) is 1. The molecule has 34 heavy (non-hydrogen) atoms. The second kappa shape index (κ2) is 8.41. The molecule has 0 aliphatic rings. The Morgan fingerprint density at radius 2 is 1.15 bits per heavy atom. The molecule has 0 saturated heterocycles. The molecule has 4 nitrogen and oxygen atoms in total. The van der Waals surface area contributed by atoms with E-state index in [1.807, 2.05) is 6.07 Å². The van der Waals surface area contributed by atoms with Gasteiger partial charge in [0.2, 0.25) is 5.82 Å². The summed E-state index contributed by atoms with van der Waals surface area (Å²) in [5.41, 5.74) is 9.15. The van der Waals surface area contributed by atoms with Crippen LogP contribution >= 0.6 is 0 Å². The lowest BCUT2D eigenvalue weighted by atomic mass is 9.89. The summed E-state index contributed by atoms with van der Waals surface area (Å²) >= 11 is 0. The van der Waals surface area contributed by atoms with Crippen molar-refractivity contribution in [3.63, 3.8) is 0 Å². The second-order valence-electron chi connectivity index (χ2n) is 8.42. The van der Waals surface area contributed by atoms with Crippen LogP contribution in [0.2, 0.25) is 0 Å². The monoisotopic (exact) mass is 438 g/mol. The van der Waals surface area contributed by atoms with E-state index >= 15 is 0 Å². The number of hydrogen-bond donors (Lipinski definition) is 1. The summed E-state index contributed by atoms with van der Waals surface area (Å²) in [6.45, 7) is 2.16. The normalized spacial score (nSPS) is 11.1. The number of hydrogen-bond acceptors (Lipinski definition) is 3. The number of nitrogens with zero attached hydrogens (tertiary/aromatic N) is 3. The van der Waals surface area contributed by atoms with Gasteiger partial charge in [0, 0.05) is 5.56 Å². The lowest BCUT2D eigenvalue weighted by Crippen LogP contribution is -1.91. The molecule has 0 radical (unpaired) electrons. The van der Waals surface area contributed by atoms with E-state index < -0.39 is 0 Å². The number of aromatic nitrogens is 4. The van der Waals surface area contributed by atoms with Crippen molar-refractivity contribution in [2.45, 2.75) is 6.92 Å². The van der Waals surface area contributed by atoms with Gasteiger partial charge in [-0.25, -0.2) is 0 Å². The maximum Gasteiger partial charge on any atom is 0.204 e. The van der Waals surface area contributed by atoms with Crippen LogP contribution in [0.3, 0.4) is 0 Å². The highest BCUT2D eigenvalue weighted by Crippen LogP contribution is 2.38. The van der Waals surface area contributed by atoms with Crippen LogP contribution in [0.4, 0.5) is 0 Å². The zero-order valence-electron chi connectivity index (χ0n) is 18.7. The molecule has 1 heterocycles. The second-order valence-corrected chi connectivity index (χ2v) is 8.42. The van der Waals surface area contributed by atoms with Crippen LogP contribution in [0, 0.1) is 6.92 Å². The molecule has 0 bridgehead atoms. The Morgan fingerprint density at radius 1 is 0.529 bits per heavy atom. The molecule has 0 atom stereocenters. The Morgan fingerprint density at radius 3 is 1.88 bits per heavy atom. The third-order valence-electron chi connectivity index (χ3n) is 6.31. The van der Waals surface area contributed by atoms with Gasteiger partial charge in [-0.1, -0.05) is 91.0 Å². The molecule has 0 spiro atoms. The van der Waals surface area contributed by atoms with Gasteiger partial charge in [-0.3, -0.25) is 0 Å². The molecular formula is C30H22N4. The molecule has 4 heteroatoms. The standard InChI is InChI=1S/C30H22N4/c1-20-15-16-28(29-14-8-5-11-25(20)29)23-17-22(18-24(19-23)30-31-33-34-32-30)27-13-7-6-12-26(27)21-9-3-2-4-10-21/h2-19H,1H3,(H,31,32,33,34). The maximum absolute atomic E-state index is 4.27. The van der Waals surface area contributed by atoms with Crippen LogP contribution in [0.5, 0.6) is 0 Å². The van der Waals surface area contributed by atoms with E-state index in [1.54, 1.807) is 0 Å². The van der Waals surface area contributed by atoms with Crippen molar-refractivity contribution < 1.29 is 0 Å². The van der Waals surface area contributed by atoms with Crippen molar-refractivity contribution in [3.05, 3.63) is 115 Å². The summed E-state index contributed by atoms with van der Waals surface area (Å²) < 4.78 is 0. The van der Waals surface area contributed by atoms with Crippen LogP contribution in [0.1, 0.15) is 5.56 Å². The molecule has 0 fully saturated rings. The third-order valence-corrected chi connectivity index (χ3v) is 6.31. The fraction of sp³-hybridized carbons (Fsp3) is 0.0333. The van der Waals surface area contributed by atoms with Gasteiger partial charge in [0.25, 0.3) is 0 Å². The smallest absolute Gasteiger partial charge is 0.177 e. The molecule has 162 valence electrons. The Hall–Kier alpha value is -4.57. The topological polar surface area (TPSA) is 54.5 Å². The number of aromatic amines is 1. The Bertz CT molecular complexity index is 1600. The quantitative estimate of drug-likeness (QED) is 0.313. The van der Waals surface area contributed by atoms with Gasteiger partial charge in [-0.15, -0.1) is 10.2 Å². The minimum atomic E-state index is 0.580. The van der Waals surface area contributed by atoms with Gasteiger partial charge in [0.1, 0.15) is 0 Å². The summed E-state index contributed by atoms with van der Waals surface area (Å²) in [5, 5.41) is 17.4. The number of aryl methyl sites for hydroxylation is 1. The fourth-order valence-electron chi connectivity index (χ4n) is 4.66. The Labute approximate surface area is 197 Å². The molecule has 6 rings (SSSR count). The van der Waals surface area contributed by atoms with Crippen molar-refractivity contribution in [3.8, 4) is 44.8 Å². The first kappa shape index (κ1) is 20.1. The summed E-state index contributed by atoms with van der Waals surface area (Å²) in [4.78, 5) is 0. The first-order valence-electron chi connectivity index (χ1n) is 11.3. The van der Waals surface area contributed by atoms with Gasteiger partial charge >= 0.3 is 0 Å². The van der Waals surface area contributed by atoms with Crippen LogP contribution in [0.15, 0.2) is 109 Å². The molecule has 1 N–H and O–H groups in total. The van der Waals surface area contributed by atoms with E-state index in [4.69, 9.17) is 0 Å². The van der Waals surface area contributed by atoms with Crippen molar-refractivity contribution in [2.24, 2.45) is 0 Å². The summed E-state index contributed by atoms with van der Waals surface area (Å²) in [5.74, 6) is 0.580. The first-order chi connectivity index (χ1) is 16.8. The molecule has 0 amide bonds. The highest BCUT2D eigenvalue weighted by molar-refractivity contribution is 6.00. The van der Waals surface area contributed by atoms with E-state index in [-0.39, 0.29) is 0 Å². The summed E-state index contributed by atoms with van der Waals surface area (Å²) in [6.07, 6.45) is 0. The number of benzene rings is 5. The predicted octanol–water partition coefficient (Wildman–Crippen LogP) is 7.33. The average Bonchev–Trinajstić information content (AvgIpc) is 3.45. The number of rotatable bonds is 4.